The van der Waals surface area contributed by atoms with E-state index in [4.69, 9.17) is 20.7 Å². The normalized spacial score (nSPS) is 11.7. The Morgan fingerprint density at radius 2 is 1.11 bits per heavy atom. The Kier molecular flexibility index (Phi) is 12.0. The van der Waals surface area contributed by atoms with E-state index in [-0.39, 0.29) is 6.04 Å². The molecule has 2 N–H and O–H groups in total. The van der Waals surface area contributed by atoms with Crippen LogP contribution in [0.1, 0.15) is 34.6 Å². The van der Waals surface area contributed by atoms with Crippen LogP contribution in [-0.4, -0.2) is 21.0 Å². The van der Waals surface area contributed by atoms with Gasteiger partial charge in [0.1, 0.15) is 0 Å². The molecule has 1 aromatic heterocycles. The van der Waals surface area contributed by atoms with Gasteiger partial charge in [0.15, 0.2) is 17.5 Å². The van der Waals surface area contributed by atoms with Crippen LogP contribution in [0.25, 0.3) is 45.3 Å². The molecule has 5 nitrogen and oxygen atoms in total. The SMILES string of the molecule is C/C=C\C=C(/C)N(c1cc(-c2ccccc2)cc(-c2nc(-c3ccccc3)nc(-c3ccccc3)n2)c1)C(C)C.C=C/C=C(\C)N. The van der Waals surface area contributed by atoms with E-state index in [0.29, 0.717) is 17.5 Å². The molecular formula is C41H43N5. The minimum atomic E-state index is 0.249. The summed E-state index contributed by atoms with van der Waals surface area (Å²) in [5.41, 5.74) is 13.3. The van der Waals surface area contributed by atoms with Gasteiger partial charge in [0.25, 0.3) is 0 Å². The van der Waals surface area contributed by atoms with Gasteiger partial charge in [-0.05, 0) is 76.1 Å². The smallest absolute Gasteiger partial charge is 0.164 e. The van der Waals surface area contributed by atoms with Crippen LogP contribution in [0.15, 0.2) is 158 Å². The maximum absolute atomic E-state index is 5.19. The van der Waals surface area contributed by atoms with Crippen molar-refractivity contribution in [3.63, 3.8) is 0 Å². The van der Waals surface area contributed by atoms with E-state index in [1.165, 1.54) is 0 Å². The molecule has 1 heterocycles. The third kappa shape index (κ3) is 8.99. The summed E-state index contributed by atoms with van der Waals surface area (Å²) in [4.78, 5) is 17.2. The highest BCUT2D eigenvalue weighted by Gasteiger charge is 2.18. The molecule has 0 radical (unpaired) electrons. The summed E-state index contributed by atoms with van der Waals surface area (Å²) in [7, 11) is 0. The zero-order valence-electron chi connectivity index (χ0n) is 27.4. The van der Waals surface area contributed by atoms with Crippen molar-refractivity contribution < 1.29 is 0 Å². The molecule has 0 fully saturated rings. The van der Waals surface area contributed by atoms with Crippen LogP contribution in [-0.2, 0) is 0 Å². The van der Waals surface area contributed by atoms with E-state index >= 15 is 0 Å². The molecule has 0 aliphatic heterocycles. The van der Waals surface area contributed by atoms with Gasteiger partial charge in [0.2, 0.25) is 0 Å². The lowest BCUT2D eigenvalue weighted by molar-refractivity contribution is 0.753. The molecule has 232 valence electrons. The number of allylic oxidation sites excluding steroid dienone is 7. The third-order valence-corrected chi connectivity index (χ3v) is 7.07. The van der Waals surface area contributed by atoms with Gasteiger partial charge in [-0.2, -0.15) is 0 Å². The Balaban J connectivity index is 0.000000731. The second-order valence-corrected chi connectivity index (χ2v) is 11.1. The van der Waals surface area contributed by atoms with Crippen molar-refractivity contribution in [2.75, 3.05) is 4.90 Å². The molecule has 0 bridgehead atoms. The molecule has 46 heavy (non-hydrogen) atoms. The first-order valence-electron chi connectivity index (χ1n) is 15.5. The lowest BCUT2D eigenvalue weighted by Gasteiger charge is -2.30. The summed E-state index contributed by atoms with van der Waals surface area (Å²) in [6.45, 7) is 13.9. The van der Waals surface area contributed by atoms with E-state index in [1.54, 1.807) is 12.2 Å². The van der Waals surface area contributed by atoms with Crippen molar-refractivity contribution in [3.8, 4) is 45.3 Å². The molecule has 0 amide bonds. The fraction of sp³-hybridized carbons (Fsp3) is 0.146. The largest absolute Gasteiger partial charge is 0.402 e. The highest BCUT2D eigenvalue weighted by atomic mass is 15.2. The summed E-state index contributed by atoms with van der Waals surface area (Å²) in [6.07, 6.45) is 9.69. The number of nitrogens with zero attached hydrogens (tertiary/aromatic N) is 4. The molecule has 0 aliphatic rings. The van der Waals surface area contributed by atoms with Crippen LogP contribution >= 0.6 is 0 Å². The van der Waals surface area contributed by atoms with E-state index in [9.17, 15) is 0 Å². The summed E-state index contributed by atoms with van der Waals surface area (Å²) in [5, 5.41) is 0. The minimum absolute atomic E-state index is 0.249. The average Bonchev–Trinajstić information content (AvgIpc) is 3.08. The highest BCUT2D eigenvalue weighted by Crippen LogP contribution is 2.34. The van der Waals surface area contributed by atoms with Gasteiger partial charge in [-0.15, -0.1) is 0 Å². The lowest BCUT2D eigenvalue weighted by Crippen LogP contribution is -2.28. The number of benzene rings is 4. The van der Waals surface area contributed by atoms with Crippen molar-refractivity contribution in [2.24, 2.45) is 5.73 Å². The van der Waals surface area contributed by atoms with Crippen LogP contribution in [0, 0.1) is 0 Å². The molecule has 4 aromatic carbocycles. The van der Waals surface area contributed by atoms with Crippen LogP contribution < -0.4 is 10.6 Å². The van der Waals surface area contributed by atoms with Crippen LogP contribution in [0.3, 0.4) is 0 Å². The van der Waals surface area contributed by atoms with Gasteiger partial charge in [-0.25, -0.2) is 15.0 Å². The molecule has 0 aliphatic carbocycles. The van der Waals surface area contributed by atoms with Gasteiger partial charge in [0.05, 0.1) is 0 Å². The molecular weight excluding hydrogens is 562 g/mol. The first-order chi connectivity index (χ1) is 22.3. The molecule has 0 saturated carbocycles. The van der Waals surface area contributed by atoms with Crippen LogP contribution in [0.5, 0.6) is 0 Å². The van der Waals surface area contributed by atoms with Gasteiger partial charge in [0, 0.05) is 39.8 Å². The predicted octanol–water partition coefficient (Wildman–Crippen LogP) is 10.3. The minimum Gasteiger partial charge on any atom is -0.402 e. The summed E-state index contributed by atoms with van der Waals surface area (Å²) >= 11 is 0. The zero-order chi connectivity index (χ0) is 32.9. The zero-order valence-corrected chi connectivity index (χ0v) is 27.4. The fourth-order valence-electron chi connectivity index (χ4n) is 5.03. The van der Waals surface area contributed by atoms with E-state index in [1.807, 2.05) is 80.6 Å². The molecule has 5 aromatic rings. The summed E-state index contributed by atoms with van der Waals surface area (Å²) in [5.74, 6) is 1.95. The van der Waals surface area contributed by atoms with E-state index in [2.05, 4.69) is 92.9 Å². The van der Waals surface area contributed by atoms with E-state index < -0.39 is 0 Å². The molecule has 0 atom stereocenters. The third-order valence-electron chi connectivity index (χ3n) is 7.07. The van der Waals surface area contributed by atoms with Crippen LogP contribution in [0.4, 0.5) is 5.69 Å². The van der Waals surface area contributed by atoms with E-state index in [0.717, 1.165) is 44.9 Å². The standard InChI is InChI=1S/C36H34N4.C5H9N/c1-5-6-16-27(4)40(26(2)3)33-24-31(28-17-10-7-11-18-28)23-32(25-33)36-38-34(29-19-12-8-13-20-29)37-35(39-36)30-21-14-9-15-22-30;1-3-4-5(2)6/h5-26H,1-4H3;3-4H,1,6H2,2H3/b6-5-,27-16+;5-4+. The first kappa shape index (κ1) is 33.3. The Labute approximate surface area is 274 Å². The Morgan fingerprint density at radius 1 is 0.652 bits per heavy atom. The molecule has 0 unspecified atom stereocenters. The number of aromatic nitrogens is 3. The second kappa shape index (κ2) is 16.5. The Morgan fingerprint density at radius 3 is 1.52 bits per heavy atom. The number of hydrogen-bond acceptors (Lipinski definition) is 5. The number of hydrogen-bond donors (Lipinski definition) is 1. The maximum atomic E-state index is 5.19. The molecule has 0 spiro atoms. The van der Waals surface area contributed by atoms with Gasteiger partial charge >= 0.3 is 0 Å². The Hall–Kier alpha value is -5.55. The van der Waals surface area contributed by atoms with Gasteiger partial charge in [-0.3, -0.25) is 0 Å². The van der Waals surface area contributed by atoms with Crippen molar-refractivity contribution >= 4 is 5.69 Å². The van der Waals surface area contributed by atoms with Crippen LogP contribution in [0.2, 0.25) is 0 Å². The fourth-order valence-corrected chi connectivity index (χ4v) is 5.03. The number of nitrogens with two attached hydrogens (primary N) is 1. The molecule has 5 rings (SSSR count). The van der Waals surface area contributed by atoms with Crippen molar-refractivity contribution in [1.82, 2.24) is 15.0 Å². The number of anilines is 1. The highest BCUT2D eigenvalue weighted by molar-refractivity contribution is 5.78. The quantitative estimate of drug-likeness (QED) is 0.169. The molecule has 0 saturated heterocycles. The first-order valence-corrected chi connectivity index (χ1v) is 15.5. The summed E-state index contributed by atoms with van der Waals surface area (Å²) < 4.78 is 0. The predicted molar refractivity (Wildman–Crippen MR) is 196 cm³/mol. The topological polar surface area (TPSA) is 67.9 Å². The monoisotopic (exact) mass is 605 g/mol. The second-order valence-electron chi connectivity index (χ2n) is 11.1. The maximum Gasteiger partial charge on any atom is 0.164 e. The lowest BCUT2D eigenvalue weighted by atomic mass is 10.00. The average molecular weight is 606 g/mol. The van der Waals surface area contributed by atoms with Crippen molar-refractivity contribution in [1.29, 1.82) is 0 Å². The van der Waals surface area contributed by atoms with Gasteiger partial charge < -0.3 is 10.6 Å². The molecule has 5 heteroatoms. The Bertz CT molecular complexity index is 1740. The number of rotatable bonds is 9. The van der Waals surface area contributed by atoms with Crippen molar-refractivity contribution in [3.05, 3.63) is 158 Å². The van der Waals surface area contributed by atoms with Crippen molar-refractivity contribution in [2.45, 2.75) is 40.7 Å². The summed E-state index contributed by atoms with van der Waals surface area (Å²) in [6, 6.07) is 37.5. The van der Waals surface area contributed by atoms with Gasteiger partial charge in [-0.1, -0.05) is 116 Å².